The molecule has 15 heavy (non-hydrogen) atoms. The number of anilines is 1. The minimum atomic E-state index is 0.702. The van der Waals surface area contributed by atoms with Crippen LogP contribution in [0.5, 0.6) is 0 Å². The van der Waals surface area contributed by atoms with E-state index in [1.54, 1.807) is 12.4 Å². The minimum Gasteiger partial charge on any atom is -0.291 e. The van der Waals surface area contributed by atoms with Crippen LogP contribution in [0.1, 0.15) is 11.1 Å². The van der Waals surface area contributed by atoms with Crippen LogP contribution >= 0.6 is 0 Å². The zero-order valence-corrected chi connectivity index (χ0v) is 8.22. The van der Waals surface area contributed by atoms with E-state index in [0.717, 1.165) is 6.42 Å². The van der Waals surface area contributed by atoms with Crippen molar-refractivity contribution >= 4 is 5.69 Å². The summed E-state index contributed by atoms with van der Waals surface area (Å²) in [5, 5.41) is 8.66. The number of hydrogen-bond acceptors (Lipinski definition) is 3. The van der Waals surface area contributed by atoms with Gasteiger partial charge in [-0.15, -0.1) is 0 Å². The van der Waals surface area contributed by atoms with Gasteiger partial charge in [0.1, 0.15) is 0 Å². The average Bonchev–Trinajstić information content (AvgIpc) is 2.31. The van der Waals surface area contributed by atoms with Crippen LogP contribution in [0.25, 0.3) is 0 Å². The molecule has 0 aliphatic carbocycles. The summed E-state index contributed by atoms with van der Waals surface area (Å²) < 4.78 is 0. The summed E-state index contributed by atoms with van der Waals surface area (Å²) in [6.07, 6.45) is 4.46. The summed E-state index contributed by atoms with van der Waals surface area (Å²) in [6, 6.07) is 11.7. The molecule has 2 rings (SSSR count). The second kappa shape index (κ2) is 4.57. The van der Waals surface area contributed by atoms with E-state index >= 15 is 0 Å². The third-order valence-corrected chi connectivity index (χ3v) is 2.24. The molecule has 0 aliphatic heterocycles. The third-order valence-electron chi connectivity index (χ3n) is 2.24. The maximum Gasteiger partial charge on any atom is 0.0602 e. The van der Waals surface area contributed by atoms with Gasteiger partial charge >= 0.3 is 0 Å². The van der Waals surface area contributed by atoms with Gasteiger partial charge in [0, 0.05) is 12.4 Å². The Balaban J connectivity index is 2.11. The molecule has 3 nitrogen and oxygen atoms in total. The van der Waals surface area contributed by atoms with Crippen LogP contribution < -0.4 is 5.48 Å². The number of benzene rings is 1. The Bertz CT molecular complexity index is 411. The molecule has 1 heterocycles. The molecule has 0 aliphatic rings. The number of aromatic nitrogens is 1. The lowest BCUT2D eigenvalue weighted by Crippen LogP contribution is -1.91. The highest BCUT2D eigenvalue weighted by atomic mass is 16.5. The van der Waals surface area contributed by atoms with Crippen molar-refractivity contribution in [1.82, 2.24) is 4.98 Å². The molecule has 0 saturated carbocycles. The van der Waals surface area contributed by atoms with Gasteiger partial charge in [0.15, 0.2) is 0 Å². The van der Waals surface area contributed by atoms with Crippen LogP contribution in [-0.2, 0) is 6.42 Å². The smallest absolute Gasteiger partial charge is 0.0602 e. The van der Waals surface area contributed by atoms with Crippen molar-refractivity contribution in [2.45, 2.75) is 6.42 Å². The summed E-state index contributed by atoms with van der Waals surface area (Å²) in [5.74, 6) is 0. The van der Waals surface area contributed by atoms with Gasteiger partial charge in [-0.05, 0) is 41.8 Å². The molecule has 1 aromatic carbocycles. The summed E-state index contributed by atoms with van der Waals surface area (Å²) in [6.45, 7) is 0. The Morgan fingerprint density at radius 3 is 2.13 bits per heavy atom. The summed E-state index contributed by atoms with van der Waals surface area (Å²) in [7, 11) is 0. The summed E-state index contributed by atoms with van der Waals surface area (Å²) >= 11 is 0. The van der Waals surface area contributed by atoms with Gasteiger partial charge in [0.05, 0.1) is 5.69 Å². The van der Waals surface area contributed by atoms with Gasteiger partial charge < -0.3 is 0 Å². The fraction of sp³-hybridized carbons (Fsp3) is 0.0833. The highest BCUT2D eigenvalue weighted by molar-refractivity contribution is 5.43. The fourth-order valence-electron chi connectivity index (χ4n) is 1.43. The van der Waals surface area contributed by atoms with E-state index in [1.165, 1.54) is 11.1 Å². The SMILES string of the molecule is ONc1ccc(Cc2ccncc2)cc1. The topological polar surface area (TPSA) is 45.1 Å². The van der Waals surface area contributed by atoms with E-state index in [4.69, 9.17) is 5.21 Å². The molecule has 0 amide bonds. The van der Waals surface area contributed by atoms with E-state index in [0.29, 0.717) is 5.69 Å². The predicted octanol–water partition coefficient (Wildman–Crippen LogP) is 2.47. The first-order valence-electron chi connectivity index (χ1n) is 4.76. The van der Waals surface area contributed by atoms with Crippen LogP contribution in [0.2, 0.25) is 0 Å². The van der Waals surface area contributed by atoms with E-state index in [1.807, 2.05) is 36.4 Å². The van der Waals surface area contributed by atoms with E-state index in [2.05, 4.69) is 10.5 Å². The van der Waals surface area contributed by atoms with Gasteiger partial charge in [0.2, 0.25) is 0 Å². The predicted molar refractivity (Wildman–Crippen MR) is 58.9 cm³/mol. The van der Waals surface area contributed by atoms with Crippen LogP contribution in [0.15, 0.2) is 48.8 Å². The zero-order valence-electron chi connectivity index (χ0n) is 8.22. The van der Waals surface area contributed by atoms with Crippen molar-refractivity contribution < 1.29 is 5.21 Å². The standard InChI is InChI=1S/C12H12N2O/c15-14-12-3-1-10(2-4-12)9-11-5-7-13-8-6-11/h1-8,14-15H,9H2. The Kier molecular flexibility index (Phi) is 2.95. The first-order chi connectivity index (χ1) is 7.38. The summed E-state index contributed by atoms with van der Waals surface area (Å²) in [5.41, 5.74) is 5.25. The molecule has 2 aromatic rings. The Labute approximate surface area is 88.4 Å². The molecule has 0 bridgehead atoms. The number of nitrogens with one attached hydrogen (secondary N) is 1. The normalized spacial score (nSPS) is 9.93. The maximum absolute atomic E-state index is 8.66. The Hall–Kier alpha value is -1.87. The molecule has 1 aromatic heterocycles. The third kappa shape index (κ3) is 2.54. The monoisotopic (exact) mass is 200 g/mol. The molecule has 0 atom stereocenters. The van der Waals surface area contributed by atoms with Crippen molar-refractivity contribution in [3.05, 3.63) is 59.9 Å². The van der Waals surface area contributed by atoms with Crippen molar-refractivity contribution in [3.8, 4) is 0 Å². The largest absolute Gasteiger partial charge is 0.291 e. The summed E-state index contributed by atoms with van der Waals surface area (Å²) in [4.78, 5) is 3.97. The van der Waals surface area contributed by atoms with E-state index in [-0.39, 0.29) is 0 Å². The van der Waals surface area contributed by atoms with Crippen molar-refractivity contribution in [1.29, 1.82) is 0 Å². The molecule has 0 radical (unpaired) electrons. The lowest BCUT2D eigenvalue weighted by atomic mass is 10.1. The number of rotatable bonds is 3. The lowest BCUT2D eigenvalue weighted by molar-refractivity contribution is 0.389. The average molecular weight is 200 g/mol. The van der Waals surface area contributed by atoms with Crippen LogP contribution in [0.3, 0.4) is 0 Å². The molecule has 0 spiro atoms. The highest BCUT2D eigenvalue weighted by Crippen LogP contribution is 2.12. The van der Waals surface area contributed by atoms with E-state index < -0.39 is 0 Å². The van der Waals surface area contributed by atoms with Crippen molar-refractivity contribution in [2.75, 3.05) is 5.48 Å². The van der Waals surface area contributed by atoms with E-state index in [9.17, 15) is 0 Å². The second-order valence-electron chi connectivity index (χ2n) is 3.34. The number of hydrogen-bond donors (Lipinski definition) is 2. The molecule has 0 saturated heterocycles. The van der Waals surface area contributed by atoms with Gasteiger partial charge in [0.25, 0.3) is 0 Å². The Morgan fingerprint density at radius 2 is 1.53 bits per heavy atom. The fourth-order valence-corrected chi connectivity index (χ4v) is 1.43. The van der Waals surface area contributed by atoms with Crippen LogP contribution in [-0.4, -0.2) is 10.2 Å². The molecular weight excluding hydrogens is 188 g/mol. The van der Waals surface area contributed by atoms with Gasteiger partial charge in [-0.1, -0.05) is 12.1 Å². The second-order valence-corrected chi connectivity index (χ2v) is 3.34. The molecular formula is C12H12N2O. The molecule has 3 heteroatoms. The van der Waals surface area contributed by atoms with Gasteiger partial charge in [-0.25, -0.2) is 0 Å². The number of nitrogens with zero attached hydrogens (tertiary/aromatic N) is 1. The lowest BCUT2D eigenvalue weighted by Gasteiger charge is -2.03. The molecule has 0 unspecified atom stereocenters. The van der Waals surface area contributed by atoms with Gasteiger partial charge in [-0.2, -0.15) is 0 Å². The maximum atomic E-state index is 8.66. The Morgan fingerprint density at radius 1 is 0.933 bits per heavy atom. The quantitative estimate of drug-likeness (QED) is 0.748. The molecule has 2 N–H and O–H groups in total. The minimum absolute atomic E-state index is 0.702. The first kappa shape index (κ1) is 9.68. The van der Waals surface area contributed by atoms with Crippen molar-refractivity contribution in [3.63, 3.8) is 0 Å². The van der Waals surface area contributed by atoms with Gasteiger partial charge in [-0.3, -0.25) is 15.7 Å². The van der Waals surface area contributed by atoms with Crippen molar-refractivity contribution in [2.24, 2.45) is 0 Å². The highest BCUT2D eigenvalue weighted by Gasteiger charge is 1.95. The van der Waals surface area contributed by atoms with Crippen LogP contribution in [0, 0.1) is 0 Å². The number of pyridine rings is 1. The molecule has 0 fully saturated rings. The van der Waals surface area contributed by atoms with Crippen LogP contribution in [0.4, 0.5) is 5.69 Å². The molecule has 76 valence electrons. The first-order valence-corrected chi connectivity index (χ1v) is 4.76. The zero-order chi connectivity index (χ0) is 10.5.